The maximum atomic E-state index is 14.0. The van der Waals surface area contributed by atoms with Gasteiger partial charge in [-0.15, -0.1) is 0 Å². The molecule has 0 heterocycles. The Morgan fingerprint density at radius 2 is 1.62 bits per heavy atom. The van der Waals surface area contributed by atoms with Crippen LogP contribution in [0.4, 0.5) is 4.39 Å². The number of benzene rings is 3. The fraction of sp³-hybridized carbons (Fsp3) is 0.111. The lowest BCUT2D eigenvalue weighted by molar-refractivity contribution is 0.414. The van der Waals surface area contributed by atoms with E-state index in [0.29, 0.717) is 11.3 Å². The first kappa shape index (κ1) is 13.4. The zero-order valence-corrected chi connectivity index (χ0v) is 11.9. The van der Waals surface area contributed by atoms with Crippen molar-refractivity contribution in [2.24, 2.45) is 0 Å². The van der Waals surface area contributed by atoms with Gasteiger partial charge in [0, 0.05) is 16.5 Å². The molecule has 0 bridgehead atoms. The smallest absolute Gasteiger partial charge is 0.134 e. The van der Waals surface area contributed by atoms with Crippen LogP contribution in [0.15, 0.2) is 54.6 Å². The van der Waals surface area contributed by atoms with E-state index in [1.54, 1.807) is 26.4 Å². The Kier molecular flexibility index (Phi) is 3.48. The highest BCUT2D eigenvalue weighted by Gasteiger charge is 2.13. The van der Waals surface area contributed by atoms with Gasteiger partial charge in [-0.2, -0.15) is 0 Å². The van der Waals surface area contributed by atoms with Crippen LogP contribution in [0.5, 0.6) is 11.5 Å². The minimum atomic E-state index is -0.260. The van der Waals surface area contributed by atoms with Crippen LogP contribution in [-0.2, 0) is 0 Å². The van der Waals surface area contributed by atoms with Crippen LogP contribution in [0.1, 0.15) is 0 Å². The summed E-state index contributed by atoms with van der Waals surface area (Å²) in [6, 6.07) is 16.3. The van der Waals surface area contributed by atoms with Gasteiger partial charge in [0.1, 0.15) is 17.3 Å². The third-order valence-corrected chi connectivity index (χ3v) is 3.55. The van der Waals surface area contributed by atoms with Gasteiger partial charge in [0.15, 0.2) is 0 Å². The van der Waals surface area contributed by atoms with Gasteiger partial charge >= 0.3 is 0 Å². The standard InChI is InChI=1S/C18H15FO2/c1-20-13-8-10-14-12(11-13)7-9-16(18(14)21-2)15-5-3-4-6-17(15)19/h3-11H,1-2H3. The average Bonchev–Trinajstić information content (AvgIpc) is 2.53. The maximum Gasteiger partial charge on any atom is 0.134 e. The van der Waals surface area contributed by atoms with Crippen molar-refractivity contribution in [1.82, 2.24) is 0 Å². The van der Waals surface area contributed by atoms with E-state index in [4.69, 9.17) is 9.47 Å². The van der Waals surface area contributed by atoms with Gasteiger partial charge in [0.25, 0.3) is 0 Å². The van der Waals surface area contributed by atoms with Gasteiger partial charge in [-0.25, -0.2) is 4.39 Å². The Morgan fingerprint density at radius 1 is 0.810 bits per heavy atom. The predicted octanol–water partition coefficient (Wildman–Crippen LogP) is 4.66. The quantitative estimate of drug-likeness (QED) is 0.695. The highest BCUT2D eigenvalue weighted by molar-refractivity contribution is 5.95. The Hall–Kier alpha value is -2.55. The fourth-order valence-corrected chi connectivity index (χ4v) is 2.52. The van der Waals surface area contributed by atoms with E-state index in [1.807, 2.05) is 36.4 Å². The third kappa shape index (κ3) is 2.31. The van der Waals surface area contributed by atoms with E-state index in [0.717, 1.165) is 22.1 Å². The molecule has 0 saturated heterocycles. The van der Waals surface area contributed by atoms with Crippen LogP contribution >= 0.6 is 0 Å². The lowest BCUT2D eigenvalue weighted by Crippen LogP contribution is -1.92. The summed E-state index contributed by atoms with van der Waals surface area (Å²) in [6.45, 7) is 0. The van der Waals surface area contributed by atoms with Crippen LogP contribution in [0, 0.1) is 5.82 Å². The third-order valence-electron chi connectivity index (χ3n) is 3.55. The summed E-state index contributed by atoms with van der Waals surface area (Å²) in [5.74, 6) is 1.19. The van der Waals surface area contributed by atoms with Crippen LogP contribution < -0.4 is 9.47 Å². The second-order valence-electron chi connectivity index (χ2n) is 4.71. The van der Waals surface area contributed by atoms with E-state index >= 15 is 0 Å². The topological polar surface area (TPSA) is 18.5 Å². The highest BCUT2D eigenvalue weighted by atomic mass is 19.1. The number of methoxy groups -OCH3 is 2. The zero-order valence-electron chi connectivity index (χ0n) is 11.9. The van der Waals surface area contributed by atoms with Crippen molar-refractivity contribution in [2.45, 2.75) is 0 Å². The molecule has 0 aromatic heterocycles. The van der Waals surface area contributed by atoms with E-state index < -0.39 is 0 Å². The van der Waals surface area contributed by atoms with Crippen molar-refractivity contribution >= 4 is 10.8 Å². The molecular weight excluding hydrogens is 267 g/mol. The van der Waals surface area contributed by atoms with Gasteiger partial charge in [-0.1, -0.05) is 24.3 Å². The lowest BCUT2D eigenvalue weighted by atomic mass is 9.99. The number of ether oxygens (including phenoxy) is 2. The predicted molar refractivity (Wildman–Crippen MR) is 82.4 cm³/mol. The number of hydrogen-bond donors (Lipinski definition) is 0. The first-order chi connectivity index (χ1) is 10.2. The zero-order chi connectivity index (χ0) is 14.8. The molecule has 21 heavy (non-hydrogen) atoms. The van der Waals surface area contributed by atoms with Crippen LogP contribution in [0.2, 0.25) is 0 Å². The summed E-state index contributed by atoms with van der Waals surface area (Å²) >= 11 is 0. The largest absolute Gasteiger partial charge is 0.497 e. The molecule has 0 unspecified atom stereocenters. The number of fused-ring (bicyclic) bond motifs is 1. The second kappa shape index (κ2) is 5.44. The molecule has 0 aliphatic heterocycles. The molecule has 3 rings (SSSR count). The van der Waals surface area contributed by atoms with Crippen LogP contribution in [0.25, 0.3) is 21.9 Å². The monoisotopic (exact) mass is 282 g/mol. The van der Waals surface area contributed by atoms with Gasteiger partial charge < -0.3 is 9.47 Å². The number of halogens is 1. The molecule has 106 valence electrons. The summed E-state index contributed by atoms with van der Waals surface area (Å²) in [7, 11) is 3.23. The van der Waals surface area contributed by atoms with Crippen molar-refractivity contribution in [3.05, 3.63) is 60.4 Å². The number of rotatable bonds is 3. The summed E-state index contributed by atoms with van der Waals surface area (Å²) in [4.78, 5) is 0. The molecule has 0 N–H and O–H groups in total. The van der Waals surface area contributed by atoms with Crippen molar-refractivity contribution in [1.29, 1.82) is 0 Å². The molecule has 0 spiro atoms. The molecule has 3 aromatic carbocycles. The molecule has 0 radical (unpaired) electrons. The minimum Gasteiger partial charge on any atom is -0.497 e. The minimum absolute atomic E-state index is 0.260. The van der Waals surface area contributed by atoms with Gasteiger partial charge in [0.05, 0.1) is 14.2 Å². The van der Waals surface area contributed by atoms with E-state index in [1.165, 1.54) is 6.07 Å². The van der Waals surface area contributed by atoms with Crippen LogP contribution in [0.3, 0.4) is 0 Å². The Morgan fingerprint density at radius 3 is 2.33 bits per heavy atom. The highest BCUT2D eigenvalue weighted by Crippen LogP contribution is 2.38. The van der Waals surface area contributed by atoms with E-state index in [2.05, 4.69) is 0 Å². The lowest BCUT2D eigenvalue weighted by Gasteiger charge is -2.13. The maximum absolute atomic E-state index is 14.0. The molecule has 0 aliphatic rings. The fourth-order valence-electron chi connectivity index (χ4n) is 2.52. The van der Waals surface area contributed by atoms with Crippen LogP contribution in [-0.4, -0.2) is 14.2 Å². The summed E-state index contributed by atoms with van der Waals surface area (Å²) in [5.41, 5.74) is 1.28. The summed E-state index contributed by atoms with van der Waals surface area (Å²) in [5, 5.41) is 1.92. The molecule has 2 nitrogen and oxygen atoms in total. The van der Waals surface area contributed by atoms with E-state index in [9.17, 15) is 4.39 Å². The first-order valence-corrected chi connectivity index (χ1v) is 6.64. The second-order valence-corrected chi connectivity index (χ2v) is 4.71. The molecule has 0 atom stereocenters. The molecule has 0 saturated carbocycles. The Balaban J connectivity index is 2.28. The average molecular weight is 282 g/mol. The van der Waals surface area contributed by atoms with Gasteiger partial charge in [-0.05, 0) is 35.7 Å². The van der Waals surface area contributed by atoms with Crippen molar-refractivity contribution in [3.63, 3.8) is 0 Å². The SMILES string of the molecule is COc1ccc2c(OC)c(-c3ccccc3F)ccc2c1. The Labute approximate surface area is 122 Å². The van der Waals surface area contributed by atoms with Crippen molar-refractivity contribution in [3.8, 4) is 22.6 Å². The van der Waals surface area contributed by atoms with E-state index in [-0.39, 0.29) is 5.82 Å². The van der Waals surface area contributed by atoms with Gasteiger partial charge in [-0.3, -0.25) is 0 Å². The molecular formula is C18H15FO2. The molecule has 0 amide bonds. The van der Waals surface area contributed by atoms with Gasteiger partial charge in [0.2, 0.25) is 0 Å². The molecule has 0 aliphatic carbocycles. The van der Waals surface area contributed by atoms with Crippen molar-refractivity contribution in [2.75, 3.05) is 14.2 Å². The first-order valence-electron chi connectivity index (χ1n) is 6.64. The summed E-state index contributed by atoms with van der Waals surface area (Å²) < 4.78 is 24.8. The molecule has 0 fully saturated rings. The number of hydrogen-bond acceptors (Lipinski definition) is 2. The Bertz CT molecular complexity index is 796. The summed E-state index contributed by atoms with van der Waals surface area (Å²) in [6.07, 6.45) is 0. The normalized spacial score (nSPS) is 10.6. The molecule has 3 aromatic rings. The molecule has 3 heteroatoms. The van der Waals surface area contributed by atoms with Crippen molar-refractivity contribution < 1.29 is 13.9 Å².